The standard InChI is InChI=1S/C12H14N2OS2/c1-4-8-5-6-9(17-8)7-10-11(15)14(3)12(16)13(10)2/h5-7H,4H2,1-3H3/b10-7-. The number of hydrogen-bond acceptors (Lipinski definition) is 3. The van der Waals surface area contributed by atoms with Gasteiger partial charge in [-0.1, -0.05) is 6.92 Å². The van der Waals surface area contributed by atoms with Crippen molar-refractivity contribution in [2.75, 3.05) is 14.1 Å². The number of amides is 1. The molecule has 0 aliphatic carbocycles. The topological polar surface area (TPSA) is 23.6 Å². The highest BCUT2D eigenvalue weighted by molar-refractivity contribution is 7.80. The Morgan fingerprint density at radius 3 is 2.53 bits per heavy atom. The van der Waals surface area contributed by atoms with Gasteiger partial charge in [-0.05, 0) is 36.8 Å². The summed E-state index contributed by atoms with van der Waals surface area (Å²) < 4.78 is 0. The third kappa shape index (κ3) is 2.12. The molecule has 0 bridgehead atoms. The summed E-state index contributed by atoms with van der Waals surface area (Å²) in [5.74, 6) is -0.0380. The Balaban J connectivity index is 2.33. The van der Waals surface area contributed by atoms with Gasteiger partial charge >= 0.3 is 0 Å². The van der Waals surface area contributed by atoms with Crippen molar-refractivity contribution in [2.45, 2.75) is 13.3 Å². The lowest BCUT2D eigenvalue weighted by Crippen LogP contribution is -2.26. The number of rotatable bonds is 2. The van der Waals surface area contributed by atoms with Crippen molar-refractivity contribution in [1.29, 1.82) is 0 Å². The highest BCUT2D eigenvalue weighted by atomic mass is 32.1. The summed E-state index contributed by atoms with van der Waals surface area (Å²) in [6.45, 7) is 2.12. The number of thiophene rings is 1. The van der Waals surface area contributed by atoms with E-state index < -0.39 is 0 Å². The van der Waals surface area contributed by atoms with E-state index in [1.165, 1.54) is 9.78 Å². The fourth-order valence-electron chi connectivity index (χ4n) is 1.69. The molecule has 3 nitrogen and oxygen atoms in total. The molecule has 0 radical (unpaired) electrons. The average molecular weight is 266 g/mol. The summed E-state index contributed by atoms with van der Waals surface area (Å²) in [7, 11) is 3.53. The molecule has 0 unspecified atom stereocenters. The van der Waals surface area contributed by atoms with Gasteiger partial charge in [0.1, 0.15) is 5.70 Å². The van der Waals surface area contributed by atoms with E-state index in [2.05, 4.69) is 13.0 Å². The second-order valence-electron chi connectivity index (χ2n) is 3.89. The molecule has 0 saturated carbocycles. The largest absolute Gasteiger partial charge is 0.317 e. The second kappa shape index (κ2) is 4.58. The molecule has 1 amide bonds. The molecule has 0 spiro atoms. The number of hydrogen-bond donors (Lipinski definition) is 0. The minimum absolute atomic E-state index is 0.0380. The number of aryl methyl sites for hydroxylation is 1. The average Bonchev–Trinajstić information content (AvgIpc) is 2.85. The first kappa shape index (κ1) is 12.3. The normalized spacial score (nSPS) is 18.6. The lowest BCUT2D eigenvalue weighted by atomic mass is 10.3. The van der Waals surface area contributed by atoms with Crippen LogP contribution in [-0.2, 0) is 11.2 Å². The SMILES string of the molecule is CCc1ccc(/C=C2/C(=O)N(C)C(=S)N2C)s1. The monoisotopic (exact) mass is 266 g/mol. The van der Waals surface area contributed by atoms with E-state index in [1.807, 2.05) is 19.2 Å². The van der Waals surface area contributed by atoms with E-state index in [9.17, 15) is 4.79 Å². The predicted molar refractivity (Wildman–Crippen MR) is 74.8 cm³/mol. The minimum atomic E-state index is -0.0380. The van der Waals surface area contributed by atoms with Crippen LogP contribution in [0.4, 0.5) is 0 Å². The molecule has 1 aromatic heterocycles. The number of carbonyl (C=O) groups excluding carboxylic acids is 1. The molecular formula is C12H14N2OS2. The summed E-state index contributed by atoms with van der Waals surface area (Å²) in [4.78, 5) is 17.6. The van der Waals surface area contributed by atoms with E-state index in [0.29, 0.717) is 10.8 Å². The molecule has 0 N–H and O–H groups in total. The summed E-state index contributed by atoms with van der Waals surface area (Å²) >= 11 is 6.87. The van der Waals surface area contributed by atoms with Crippen LogP contribution in [0.1, 0.15) is 16.7 Å². The molecule has 1 aromatic rings. The van der Waals surface area contributed by atoms with Gasteiger partial charge in [-0.25, -0.2) is 0 Å². The first-order chi connectivity index (χ1) is 8.04. The van der Waals surface area contributed by atoms with E-state index in [0.717, 1.165) is 11.3 Å². The van der Waals surface area contributed by atoms with Crippen molar-refractivity contribution in [3.05, 3.63) is 27.6 Å². The molecule has 1 aliphatic rings. The lowest BCUT2D eigenvalue weighted by Gasteiger charge is -2.10. The number of carbonyl (C=O) groups is 1. The van der Waals surface area contributed by atoms with Crippen LogP contribution < -0.4 is 0 Å². The van der Waals surface area contributed by atoms with Crippen LogP contribution in [0.15, 0.2) is 17.8 Å². The molecule has 90 valence electrons. The molecule has 0 atom stereocenters. The van der Waals surface area contributed by atoms with Crippen LogP contribution in [0.25, 0.3) is 6.08 Å². The second-order valence-corrected chi connectivity index (χ2v) is 5.46. The summed E-state index contributed by atoms with van der Waals surface area (Å²) in [5, 5.41) is 0.550. The predicted octanol–water partition coefficient (Wildman–Crippen LogP) is 2.34. The van der Waals surface area contributed by atoms with E-state index in [-0.39, 0.29) is 5.91 Å². The summed E-state index contributed by atoms with van der Waals surface area (Å²) in [6.07, 6.45) is 2.93. The van der Waals surface area contributed by atoms with Gasteiger partial charge in [0.25, 0.3) is 5.91 Å². The Labute approximate surface area is 110 Å². The van der Waals surface area contributed by atoms with Crippen LogP contribution in [0.3, 0.4) is 0 Å². The van der Waals surface area contributed by atoms with Crippen molar-refractivity contribution in [3.8, 4) is 0 Å². The zero-order valence-corrected chi connectivity index (χ0v) is 11.7. The third-order valence-corrected chi connectivity index (χ3v) is 4.49. The Bertz CT molecular complexity index is 504. The third-order valence-electron chi connectivity index (χ3n) is 2.77. The van der Waals surface area contributed by atoms with E-state index in [1.54, 1.807) is 23.3 Å². The van der Waals surface area contributed by atoms with Crippen molar-refractivity contribution in [3.63, 3.8) is 0 Å². The first-order valence-electron chi connectivity index (χ1n) is 5.40. The van der Waals surface area contributed by atoms with Gasteiger partial charge in [-0.3, -0.25) is 9.69 Å². The maximum Gasteiger partial charge on any atom is 0.276 e. The molecule has 0 aromatic carbocycles. The van der Waals surface area contributed by atoms with Crippen LogP contribution in [0.5, 0.6) is 0 Å². The van der Waals surface area contributed by atoms with Gasteiger partial charge in [0.15, 0.2) is 5.11 Å². The van der Waals surface area contributed by atoms with Crippen molar-refractivity contribution in [1.82, 2.24) is 9.80 Å². The molecule has 1 fully saturated rings. The highest BCUT2D eigenvalue weighted by Crippen LogP contribution is 2.24. The highest BCUT2D eigenvalue weighted by Gasteiger charge is 2.32. The molecule has 1 aliphatic heterocycles. The Morgan fingerprint density at radius 2 is 2.06 bits per heavy atom. The Morgan fingerprint density at radius 1 is 1.35 bits per heavy atom. The fourth-order valence-corrected chi connectivity index (χ4v) is 2.76. The summed E-state index contributed by atoms with van der Waals surface area (Å²) in [6, 6.07) is 4.14. The molecule has 2 heterocycles. The van der Waals surface area contributed by atoms with Gasteiger partial charge in [-0.15, -0.1) is 11.3 Å². The first-order valence-corrected chi connectivity index (χ1v) is 6.63. The van der Waals surface area contributed by atoms with E-state index in [4.69, 9.17) is 12.2 Å². The van der Waals surface area contributed by atoms with Crippen LogP contribution >= 0.6 is 23.6 Å². The minimum Gasteiger partial charge on any atom is -0.317 e. The quantitative estimate of drug-likeness (QED) is 0.606. The molecular weight excluding hydrogens is 252 g/mol. The lowest BCUT2D eigenvalue weighted by molar-refractivity contribution is -0.121. The van der Waals surface area contributed by atoms with Crippen molar-refractivity contribution < 1.29 is 4.79 Å². The molecule has 1 saturated heterocycles. The van der Waals surface area contributed by atoms with Crippen LogP contribution in [-0.4, -0.2) is 34.9 Å². The number of thiocarbonyl (C=S) groups is 1. The zero-order valence-electron chi connectivity index (χ0n) is 10.1. The van der Waals surface area contributed by atoms with E-state index >= 15 is 0 Å². The fraction of sp³-hybridized carbons (Fsp3) is 0.333. The maximum absolute atomic E-state index is 11.9. The number of likely N-dealkylation sites (N-methyl/N-ethyl adjacent to an activating group) is 2. The van der Waals surface area contributed by atoms with Gasteiger partial charge < -0.3 is 4.90 Å². The Kier molecular flexibility index (Phi) is 3.31. The maximum atomic E-state index is 11.9. The van der Waals surface area contributed by atoms with Gasteiger partial charge in [0.2, 0.25) is 0 Å². The molecule has 5 heteroatoms. The summed E-state index contributed by atoms with van der Waals surface area (Å²) in [5.41, 5.74) is 0.641. The van der Waals surface area contributed by atoms with Gasteiger partial charge in [-0.2, -0.15) is 0 Å². The Hall–Kier alpha value is -1.20. The number of nitrogens with zero attached hydrogens (tertiary/aromatic N) is 2. The molecule has 17 heavy (non-hydrogen) atoms. The van der Waals surface area contributed by atoms with Crippen molar-refractivity contribution in [2.24, 2.45) is 0 Å². The van der Waals surface area contributed by atoms with Crippen LogP contribution in [0, 0.1) is 0 Å². The van der Waals surface area contributed by atoms with Crippen molar-refractivity contribution >= 4 is 40.7 Å². The smallest absolute Gasteiger partial charge is 0.276 e. The van der Waals surface area contributed by atoms with Crippen LogP contribution in [0.2, 0.25) is 0 Å². The van der Waals surface area contributed by atoms with Gasteiger partial charge in [0, 0.05) is 23.8 Å². The zero-order chi connectivity index (χ0) is 12.6. The molecule has 2 rings (SSSR count). The van der Waals surface area contributed by atoms with Gasteiger partial charge in [0.05, 0.1) is 0 Å².